The SMILES string of the molecule is CCCNC(=O)NC1CCCc2cc(N)ccc21. The summed E-state index contributed by atoms with van der Waals surface area (Å²) in [5, 5.41) is 5.89. The van der Waals surface area contributed by atoms with Crippen LogP contribution in [0.4, 0.5) is 10.5 Å². The molecule has 1 unspecified atom stereocenters. The molecule has 98 valence electrons. The summed E-state index contributed by atoms with van der Waals surface area (Å²) in [5.74, 6) is 0. The lowest BCUT2D eigenvalue weighted by Crippen LogP contribution is -2.39. The van der Waals surface area contributed by atoms with E-state index in [9.17, 15) is 4.79 Å². The van der Waals surface area contributed by atoms with Crippen molar-refractivity contribution < 1.29 is 4.79 Å². The first-order chi connectivity index (χ1) is 8.70. The van der Waals surface area contributed by atoms with E-state index in [0.717, 1.165) is 31.4 Å². The van der Waals surface area contributed by atoms with Crippen molar-refractivity contribution >= 4 is 11.7 Å². The number of aryl methyl sites for hydroxylation is 1. The average Bonchev–Trinajstić information content (AvgIpc) is 2.36. The summed E-state index contributed by atoms with van der Waals surface area (Å²) in [4.78, 5) is 11.7. The van der Waals surface area contributed by atoms with Gasteiger partial charge in [0.25, 0.3) is 0 Å². The molecule has 0 heterocycles. The van der Waals surface area contributed by atoms with E-state index in [1.165, 1.54) is 11.1 Å². The molecular weight excluding hydrogens is 226 g/mol. The fraction of sp³-hybridized carbons (Fsp3) is 0.500. The smallest absolute Gasteiger partial charge is 0.315 e. The first-order valence-electron chi connectivity index (χ1n) is 6.63. The second-order valence-corrected chi connectivity index (χ2v) is 4.80. The van der Waals surface area contributed by atoms with Crippen molar-refractivity contribution in [3.63, 3.8) is 0 Å². The van der Waals surface area contributed by atoms with Crippen molar-refractivity contribution in [2.75, 3.05) is 12.3 Å². The molecule has 2 amide bonds. The summed E-state index contributed by atoms with van der Waals surface area (Å²) in [5.41, 5.74) is 9.07. The monoisotopic (exact) mass is 247 g/mol. The van der Waals surface area contributed by atoms with Crippen molar-refractivity contribution in [2.45, 2.75) is 38.6 Å². The van der Waals surface area contributed by atoms with Crippen LogP contribution in [0.2, 0.25) is 0 Å². The van der Waals surface area contributed by atoms with Crippen LogP contribution in [0.1, 0.15) is 43.4 Å². The van der Waals surface area contributed by atoms with E-state index >= 15 is 0 Å². The summed E-state index contributed by atoms with van der Waals surface area (Å²) >= 11 is 0. The highest BCUT2D eigenvalue weighted by Gasteiger charge is 2.21. The molecule has 1 aromatic rings. The molecule has 4 nitrogen and oxygen atoms in total. The Morgan fingerprint density at radius 3 is 3.11 bits per heavy atom. The summed E-state index contributed by atoms with van der Waals surface area (Å²) < 4.78 is 0. The average molecular weight is 247 g/mol. The number of benzene rings is 1. The van der Waals surface area contributed by atoms with Crippen molar-refractivity contribution in [2.24, 2.45) is 0 Å². The minimum atomic E-state index is -0.0773. The van der Waals surface area contributed by atoms with Crippen molar-refractivity contribution in [1.29, 1.82) is 0 Å². The number of carbonyl (C=O) groups excluding carboxylic acids is 1. The summed E-state index contributed by atoms with van der Waals surface area (Å²) in [6.45, 7) is 2.76. The topological polar surface area (TPSA) is 67.2 Å². The number of anilines is 1. The van der Waals surface area contributed by atoms with Gasteiger partial charge in [-0.05, 0) is 48.9 Å². The van der Waals surface area contributed by atoms with Gasteiger partial charge < -0.3 is 16.4 Å². The maximum Gasteiger partial charge on any atom is 0.315 e. The normalized spacial score (nSPS) is 17.9. The van der Waals surface area contributed by atoms with Gasteiger partial charge in [-0.3, -0.25) is 0 Å². The third-order valence-electron chi connectivity index (χ3n) is 3.32. The number of urea groups is 1. The summed E-state index contributed by atoms with van der Waals surface area (Å²) in [6, 6.07) is 6.00. The number of nitrogen functional groups attached to an aromatic ring is 1. The van der Waals surface area contributed by atoms with Crippen LogP contribution < -0.4 is 16.4 Å². The highest BCUT2D eigenvalue weighted by molar-refractivity contribution is 5.74. The number of amides is 2. The third kappa shape index (κ3) is 2.94. The Kier molecular flexibility index (Phi) is 4.07. The number of nitrogens with one attached hydrogen (secondary N) is 2. The van der Waals surface area contributed by atoms with Gasteiger partial charge in [0, 0.05) is 12.2 Å². The lowest BCUT2D eigenvalue weighted by atomic mass is 9.87. The first-order valence-corrected chi connectivity index (χ1v) is 6.63. The molecule has 0 saturated heterocycles. The van der Waals surface area contributed by atoms with E-state index in [2.05, 4.69) is 10.6 Å². The Hall–Kier alpha value is -1.71. The van der Waals surface area contributed by atoms with Crippen LogP contribution >= 0.6 is 0 Å². The summed E-state index contributed by atoms with van der Waals surface area (Å²) in [6.07, 6.45) is 4.09. The second kappa shape index (κ2) is 5.76. The van der Waals surface area contributed by atoms with Crippen LogP contribution in [0.15, 0.2) is 18.2 Å². The Morgan fingerprint density at radius 1 is 1.50 bits per heavy atom. The van der Waals surface area contributed by atoms with Crippen LogP contribution in [0, 0.1) is 0 Å². The highest BCUT2D eigenvalue weighted by Crippen LogP contribution is 2.30. The molecule has 1 atom stereocenters. The molecular formula is C14H21N3O. The van der Waals surface area contributed by atoms with E-state index in [1.807, 2.05) is 25.1 Å². The van der Waals surface area contributed by atoms with Gasteiger partial charge in [0.05, 0.1) is 6.04 Å². The predicted molar refractivity (Wildman–Crippen MR) is 73.4 cm³/mol. The first kappa shape index (κ1) is 12.7. The molecule has 4 N–H and O–H groups in total. The standard InChI is InChI=1S/C14H21N3O/c1-2-8-16-14(18)17-13-5-3-4-10-9-11(15)6-7-12(10)13/h6-7,9,13H,2-5,8,15H2,1H3,(H2,16,17,18). The number of hydrogen-bond acceptors (Lipinski definition) is 2. The van der Waals surface area contributed by atoms with E-state index < -0.39 is 0 Å². The molecule has 18 heavy (non-hydrogen) atoms. The molecule has 0 bridgehead atoms. The van der Waals surface area contributed by atoms with Gasteiger partial charge in [-0.1, -0.05) is 13.0 Å². The third-order valence-corrected chi connectivity index (χ3v) is 3.32. The molecule has 4 heteroatoms. The molecule has 0 spiro atoms. The zero-order valence-electron chi connectivity index (χ0n) is 10.8. The Balaban J connectivity index is 2.06. The number of hydrogen-bond donors (Lipinski definition) is 3. The maximum absolute atomic E-state index is 11.7. The Morgan fingerprint density at radius 2 is 2.33 bits per heavy atom. The van der Waals surface area contributed by atoms with E-state index in [-0.39, 0.29) is 12.1 Å². The molecule has 0 aliphatic heterocycles. The van der Waals surface area contributed by atoms with Crippen molar-refractivity contribution in [3.05, 3.63) is 29.3 Å². The molecule has 0 aromatic heterocycles. The number of nitrogens with two attached hydrogens (primary N) is 1. The zero-order valence-corrected chi connectivity index (χ0v) is 10.8. The van der Waals surface area contributed by atoms with E-state index in [0.29, 0.717) is 6.54 Å². The van der Waals surface area contributed by atoms with E-state index in [4.69, 9.17) is 5.73 Å². The van der Waals surface area contributed by atoms with Gasteiger partial charge in [-0.15, -0.1) is 0 Å². The zero-order chi connectivity index (χ0) is 13.0. The predicted octanol–water partition coefficient (Wildman–Crippen LogP) is 2.36. The second-order valence-electron chi connectivity index (χ2n) is 4.80. The lowest BCUT2D eigenvalue weighted by molar-refractivity contribution is 0.235. The van der Waals surface area contributed by atoms with Crippen LogP contribution in [0.3, 0.4) is 0 Å². The van der Waals surface area contributed by atoms with E-state index in [1.54, 1.807) is 0 Å². The number of carbonyl (C=O) groups is 1. The number of fused-ring (bicyclic) bond motifs is 1. The fourth-order valence-corrected chi connectivity index (χ4v) is 2.43. The van der Waals surface area contributed by atoms with Crippen LogP contribution in [-0.2, 0) is 6.42 Å². The maximum atomic E-state index is 11.7. The Labute approximate surface area is 108 Å². The van der Waals surface area contributed by atoms with Gasteiger partial charge >= 0.3 is 6.03 Å². The molecule has 0 fully saturated rings. The summed E-state index contributed by atoms with van der Waals surface area (Å²) in [7, 11) is 0. The highest BCUT2D eigenvalue weighted by atomic mass is 16.2. The van der Waals surface area contributed by atoms with Crippen LogP contribution in [0.25, 0.3) is 0 Å². The minimum Gasteiger partial charge on any atom is -0.399 e. The number of rotatable bonds is 3. The quantitative estimate of drug-likeness (QED) is 0.718. The molecule has 1 aliphatic rings. The van der Waals surface area contributed by atoms with Crippen LogP contribution in [-0.4, -0.2) is 12.6 Å². The van der Waals surface area contributed by atoms with Gasteiger partial charge in [0.1, 0.15) is 0 Å². The molecule has 2 rings (SSSR count). The molecule has 1 aliphatic carbocycles. The lowest BCUT2D eigenvalue weighted by Gasteiger charge is -2.26. The largest absolute Gasteiger partial charge is 0.399 e. The van der Waals surface area contributed by atoms with Gasteiger partial charge in [-0.2, -0.15) is 0 Å². The molecule has 0 saturated carbocycles. The minimum absolute atomic E-state index is 0.0773. The van der Waals surface area contributed by atoms with Crippen LogP contribution in [0.5, 0.6) is 0 Å². The Bertz CT molecular complexity index is 431. The fourth-order valence-electron chi connectivity index (χ4n) is 2.43. The van der Waals surface area contributed by atoms with Gasteiger partial charge in [-0.25, -0.2) is 4.79 Å². The van der Waals surface area contributed by atoms with Gasteiger partial charge in [0.15, 0.2) is 0 Å². The molecule has 0 radical (unpaired) electrons. The van der Waals surface area contributed by atoms with Crippen molar-refractivity contribution in [3.8, 4) is 0 Å². The molecule has 1 aromatic carbocycles. The van der Waals surface area contributed by atoms with Crippen molar-refractivity contribution in [1.82, 2.24) is 10.6 Å². The van der Waals surface area contributed by atoms with Gasteiger partial charge in [0.2, 0.25) is 0 Å².